The number of nitrogens with zero attached hydrogens (tertiary/aromatic N) is 1. The van der Waals surface area contributed by atoms with Gasteiger partial charge in [-0.05, 0) is 64.0 Å². The van der Waals surface area contributed by atoms with Gasteiger partial charge in [-0.25, -0.2) is 9.59 Å². The van der Waals surface area contributed by atoms with E-state index >= 15 is 0 Å². The maximum absolute atomic E-state index is 9.10. The molecule has 0 unspecified atom stereocenters. The van der Waals surface area contributed by atoms with Gasteiger partial charge in [0.05, 0.1) is 6.61 Å². The molecule has 6 nitrogen and oxygen atoms in total. The first-order valence-corrected chi connectivity index (χ1v) is 6.96. The summed E-state index contributed by atoms with van der Waals surface area (Å²) < 4.78 is 5.82. The molecule has 0 amide bonds. The number of carboxylic acid groups (broad SMARTS) is 2. The Balaban J connectivity index is 0.000000626. The van der Waals surface area contributed by atoms with Gasteiger partial charge in [-0.3, -0.25) is 0 Å². The Kier molecular flexibility index (Phi) is 8.86. The number of carboxylic acids is 2. The minimum Gasteiger partial charge on any atom is -0.493 e. The van der Waals surface area contributed by atoms with Gasteiger partial charge in [0.15, 0.2) is 0 Å². The Bertz CT molecular complexity index is 500. The zero-order valence-electron chi connectivity index (χ0n) is 13.8. The van der Waals surface area contributed by atoms with Crippen LogP contribution in [0.4, 0.5) is 0 Å². The molecule has 6 heteroatoms. The van der Waals surface area contributed by atoms with Crippen LogP contribution >= 0.6 is 0 Å². The molecule has 22 heavy (non-hydrogen) atoms. The van der Waals surface area contributed by atoms with E-state index in [1.54, 1.807) is 0 Å². The highest BCUT2D eigenvalue weighted by Gasteiger charge is 2.04. The molecule has 0 aromatic heterocycles. The third-order valence-corrected chi connectivity index (χ3v) is 2.95. The average Bonchev–Trinajstić information content (AvgIpc) is 2.40. The number of aryl methyl sites for hydroxylation is 2. The zero-order valence-corrected chi connectivity index (χ0v) is 13.8. The first-order valence-electron chi connectivity index (χ1n) is 6.96. The van der Waals surface area contributed by atoms with E-state index in [-0.39, 0.29) is 0 Å². The first kappa shape index (κ1) is 19.9. The topological polar surface area (TPSA) is 87.1 Å². The van der Waals surface area contributed by atoms with Crippen LogP contribution in [0, 0.1) is 20.8 Å². The molecule has 0 saturated carbocycles. The third-order valence-electron chi connectivity index (χ3n) is 2.95. The lowest BCUT2D eigenvalue weighted by Gasteiger charge is -2.13. The van der Waals surface area contributed by atoms with Gasteiger partial charge >= 0.3 is 11.9 Å². The zero-order chi connectivity index (χ0) is 17.3. The van der Waals surface area contributed by atoms with Gasteiger partial charge in [-0.2, -0.15) is 0 Å². The number of rotatable bonds is 5. The van der Waals surface area contributed by atoms with Crippen LogP contribution in [0.15, 0.2) is 12.1 Å². The van der Waals surface area contributed by atoms with Crippen molar-refractivity contribution in [1.82, 2.24) is 4.90 Å². The molecule has 1 aromatic carbocycles. The molecule has 0 aliphatic rings. The number of aliphatic carboxylic acids is 2. The summed E-state index contributed by atoms with van der Waals surface area (Å²) >= 11 is 0. The van der Waals surface area contributed by atoms with Crippen molar-refractivity contribution < 1.29 is 24.5 Å². The van der Waals surface area contributed by atoms with Crippen molar-refractivity contribution in [3.05, 3.63) is 28.8 Å². The summed E-state index contributed by atoms with van der Waals surface area (Å²) in [5, 5.41) is 14.8. The number of hydrogen-bond donors (Lipinski definition) is 2. The Labute approximate surface area is 131 Å². The summed E-state index contributed by atoms with van der Waals surface area (Å²) in [7, 11) is 4.17. The monoisotopic (exact) mass is 311 g/mol. The van der Waals surface area contributed by atoms with Gasteiger partial charge in [0.25, 0.3) is 0 Å². The van der Waals surface area contributed by atoms with E-state index in [4.69, 9.17) is 24.5 Å². The second kappa shape index (κ2) is 9.78. The number of benzene rings is 1. The molecule has 1 rings (SSSR count). The first-order chi connectivity index (χ1) is 10.1. The molecular formula is C16H25NO5. The van der Waals surface area contributed by atoms with Gasteiger partial charge in [0.1, 0.15) is 5.75 Å². The lowest BCUT2D eigenvalue weighted by atomic mass is 10.1. The lowest BCUT2D eigenvalue weighted by Crippen LogP contribution is -2.15. The van der Waals surface area contributed by atoms with Crippen molar-refractivity contribution in [2.24, 2.45) is 0 Å². The van der Waals surface area contributed by atoms with E-state index in [0.717, 1.165) is 25.3 Å². The lowest BCUT2D eigenvalue weighted by molar-refractivity contribution is -0.159. The van der Waals surface area contributed by atoms with Crippen molar-refractivity contribution >= 4 is 11.9 Å². The molecule has 124 valence electrons. The molecule has 0 bridgehead atoms. The normalized spacial score (nSPS) is 9.91. The predicted octanol–water partition coefficient (Wildman–Crippen LogP) is 2.10. The molecule has 0 atom stereocenters. The van der Waals surface area contributed by atoms with Gasteiger partial charge in [-0.1, -0.05) is 6.07 Å². The maximum atomic E-state index is 9.10. The van der Waals surface area contributed by atoms with E-state index in [2.05, 4.69) is 51.9 Å². The molecule has 0 heterocycles. The Morgan fingerprint density at radius 1 is 1.09 bits per heavy atom. The molecule has 1 aromatic rings. The molecule has 0 aliphatic heterocycles. The van der Waals surface area contributed by atoms with Crippen LogP contribution in [-0.4, -0.2) is 54.3 Å². The van der Waals surface area contributed by atoms with E-state index in [1.165, 1.54) is 16.7 Å². The predicted molar refractivity (Wildman–Crippen MR) is 84.6 cm³/mol. The van der Waals surface area contributed by atoms with Gasteiger partial charge in [0.2, 0.25) is 0 Å². The summed E-state index contributed by atoms with van der Waals surface area (Å²) in [6.07, 6.45) is 1.07. The van der Waals surface area contributed by atoms with Gasteiger partial charge in [0, 0.05) is 6.54 Å². The highest BCUT2D eigenvalue weighted by molar-refractivity contribution is 6.27. The van der Waals surface area contributed by atoms with Crippen molar-refractivity contribution in [2.75, 3.05) is 27.2 Å². The van der Waals surface area contributed by atoms with E-state index < -0.39 is 11.9 Å². The SMILES string of the molecule is Cc1cc(C)c(C)c(OCCCN(C)C)c1.O=C(O)C(=O)O. The highest BCUT2D eigenvalue weighted by Crippen LogP contribution is 2.23. The van der Waals surface area contributed by atoms with Crippen LogP contribution in [0.3, 0.4) is 0 Å². The van der Waals surface area contributed by atoms with E-state index in [9.17, 15) is 0 Å². The largest absolute Gasteiger partial charge is 0.493 e. The minimum atomic E-state index is -1.82. The fourth-order valence-electron chi connectivity index (χ4n) is 1.71. The standard InChI is InChI=1S/C14H23NO.C2H2O4/c1-11-9-12(2)13(3)14(10-11)16-8-6-7-15(4)5;3-1(4)2(5)6/h9-10H,6-8H2,1-5H3;(H,3,4)(H,5,6). The quantitative estimate of drug-likeness (QED) is 0.639. The Morgan fingerprint density at radius 3 is 2.09 bits per heavy atom. The van der Waals surface area contributed by atoms with Crippen LogP contribution in [0.1, 0.15) is 23.1 Å². The second-order valence-corrected chi connectivity index (χ2v) is 5.32. The summed E-state index contributed by atoms with van der Waals surface area (Å²) in [5.41, 5.74) is 3.84. The molecule has 0 aliphatic carbocycles. The van der Waals surface area contributed by atoms with Gasteiger partial charge in [-0.15, -0.1) is 0 Å². The van der Waals surface area contributed by atoms with E-state index in [0.29, 0.717) is 0 Å². The fourth-order valence-corrected chi connectivity index (χ4v) is 1.71. The van der Waals surface area contributed by atoms with Crippen LogP contribution in [0.5, 0.6) is 5.75 Å². The number of ether oxygens (including phenoxy) is 1. The summed E-state index contributed by atoms with van der Waals surface area (Å²) in [5.74, 6) is -2.61. The van der Waals surface area contributed by atoms with Crippen LogP contribution in [0.2, 0.25) is 0 Å². The molecule has 0 radical (unpaired) electrons. The summed E-state index contributed by atoms with van der Waals surface area (Å²) in [6.45, 7) is 8.23. The molecular weight excluding hydrogens is 286 g/mol. The smallest absolute Gasteiger partial charge is 0.414 e. The van der Waals surface area contributed by atoms with E-state index in [1.807, 2.05) is 0 Å². The highest BCUT2D eigenvalue weighted by atomic mass is 16.5. The minimum absolute atomic E-state index is 0.794. The summed E-state index contributed by atoms with van der Waals surface area (Å²) in [4.78, 5) is 20.4. The van der Waals surface area contributed by atoms with Crippen LogP contribution in [0.25, 0.3) is 0 Å². The number of carbonyl (C=O) groups is 2. The molecule has 2 N–H and O–H groups in total. The maximum Gasteiger partial charge on any atom is 0.414 e. The molecule has 0 spiro atoms. The van der Waals surface area contributed by atoms with Gasteiger partial charge < -0.3 is 19.8 Å². The van der Waals surface area contributed by atoms with Crippen molar-refractivity contribution in [3.8, 4) is 5.75 Å². The molecule has 0 fully saturated rings. The molecule has 0 saturated heterocycles. The second-order valence-electron chi connectivity index (χ2n) is 5.32. The number of hydrogen-bond acceptors (Lipinski definition) is 4. The Morgan fingerprint density at radius 2 is 1.64 bits per heavy atom. The Hall–Kier alpha value is -2.08. The van der Waals surface area contributed by atoms with Crippen LogP contribution < -0.4 is 4.74 Å². The average molecular weight is 311 g/mol. The fraction of sp³-hybridized carbons (Fsp3) is 0.500. The third kappa shape index (κ3) is 8.26. The van der Waals surface area contributed by atoms with Crippen LogP contribution in [-0.2, 0) is 9.59 Å². The van der Waals surface area contributed by atoms with Crippen molar-refractivity contribution in [2.45, 2.75) is 27.2 Å². The summed E-state index contributed by atoms with van der Waals surface area (Å²) in [6, 6.07) is 4.32. The van der Waals surface area contributed by atoms with Crippen molar-refractivity contribution in [1.29, 1.82) is 0 Å². The van der Waals surface area contributed by atoms with Crippen molar-refractivity contribution in [3.63, 3.8) is 0 Å².